The Hall–Kier alpha value is -9.82. The van der Waals surface area contributed by atoms with Crippen molar-refractivity contribution in [2.75, 3.05) is 0 Å². The summed E-state index contributed by atoms with van der Waals surface area (Å²) in [6.07, 6.45) is 27.9. The predicted molar refractivity (Wildman–Crippen MR) is 331 cm³/mol. The van der Waals surface area contributed by atoms with Crippen molar-refractivity contribution in [3.8, 4) is 108 Å². The van der Waals surface area contributed by atoms with Crippen LogP contribution in [-0.4, -0.2) is 48.0 Å². The first kappa shape index (κ1) is 61.0. The van der Waals surface area contributed by atoms with Crippen LogP contribution in [0.15, 0.2) is 97.1 Å². The molecule has 0 bridgehead atoms. The maximum Gasteiger partial charge on any atom is 0.352 e. The van der Waals surface area contributed by atoms with Gasteiger partial charge in [-0.3, -0.25) is 9.59 Å². The van der Waals surface area contributed by atoms with E-state index in [1.807, 2.05) is 48.5 Å². The lowest BCUT2D eigenvalue weighted by Gasteiger charge is -2.28. The number of unbranched alkanes of at least 4 members (excludes halogenated alkanes) is 4. The molecule has 0 amide bonds. The summed E-state index contributed by atoms with van der Waals surface area (Å²) in [5.41, 5.74) is 4.12. The quantitative estimate of drug-likeness (QED) is 0.0306. The molecule has 2 fully saturated rings. The third-order valence-electron chi connectivity index (χ3n) is 12.7. The molecule has 0 aliphatic heterocycles. The Balaban J connectivity index is -0.000000168. The maximum absolute atomic E-state index is 12.7. The Bertz CT molecular complexity index is 3080. The molecule has 432 valence electrons. The number of rotatable bonds is 18. The van der Waals surface area contributed by atoms with Gasteiger partial charge in [0, 0.05) is 55.5 Å². The van der Waals surface area contributed by atoms with Crippen LogP contribution in [-0.2, 0) is 41.4 Å². The van der Waals surface area contributed by atoms with E-state index >= 15 is 0 Å². The molecule has 0 saturated heterocycles. The SMILES string of the molecule is C#CC#CC#CC#COC(=O)c1ccc(OC(=O)C2CCC(C(=O)Oc3ccc(C(=O)OC#CC#CC#CC#C)cc3)CC2)cc1.CCCCCc1ccc(C(=O)OC2CCC(OC(=O)c3ccc(CCCCC)cc3)CC2)cc1.[HH].[HH].[HH].[HH].[HH].[HH].[HH].[HH].[HH].[HH].[HH].[HH].[HH].[HH]. The fraction of sp³-hybridized carbons (Fsp3) is 0.324. The third-order valence-corrected chi connectivity index (χ3v) is 12.7. The fourth-order valence-corrected chi connectivity index (χ4v) is 8.33. The number of terminal acetylenes is 2. The average molecular weight is 1100 g/mol. The number of carbonyl (C=O) groups excluding carboxylic acids is 6. The molecule has 12 heteroatoms. The van der Waals surface area contributed by atoms with E-state index in [2.05, 4.69) is 97.1 Å². The number of esters is 6. The highest BCUT2D eigenvalue weighted by atomic mass is 16.6. The summed E-state index contributed by atoms with van der Waals surface area (Å²) >= 11 is 0. The van der Waals surface area contributed by atoms with Gasteiger partial charge in [-0.1, -0.05) is 63.8 Å². The maximum atomic E-state index is 12.7. The lowest BCUT2D eigenvalue weighted by atomic mass is 9.82. The van der Waals surface area contributed by atoms with E-state index in [0.29, 0.717) is 36.8 Å². The van der Waals surface area contributed by atoms with Crippen LogP contribution in [0.5, 0.6) is 11.5 Å². The van der Waals surface area contributed by atoms with Gasteiger partial charge in [-0.2, -0.15) is 0 Å². The summed E-state index contributed by atoms with van der Waals surface area (Å²) in [6, 6.07) is 27.2. The lowest BCUT2D eigenvalue weighted by molar-refractivity contribution is -0.145. The number of benzene rings is 4. The highest BCUT2D eigenvalue weighted by Gasteiger charge is 2.32. The number of hydrogen-bond donors (Lipinski definition) is 0. The van der Waals surface area contributed by atoms with Gasteiger partial charge >= 0.3 is 35.8 Å². The molecule has 0 unspecified atom stereocenters. The molecule has 80 heavy (non-hydrogen) atoms. The van der Waals surface area contributed by atoms with E-state index in [4.69, 9.17) is 41.3 Å². The second-order valence-electron chi connectivity index (χ2n) is 18.5. The number of aryl methyl sites for hydroxylation is 2. The van der Waals surface area contributed by atoms with Gasteiger partial charge < -0.3 is 28.4 Å². The summed E-state index contributed by atoms with van der Waals surface area (Å²) in [5, 5.41) is 0. The largest absolute Gasteiger partial charge is 0.459 e. The molecule has 0 spiro atoms. The van der Waals surface area contributed by atoms with Gasteiger partial charge in [0.1, 0.15) is 35.9 Å². The van der Waals surface area contributed by atoms with Crippen molar-refractivity contribution in [3.63, 3.8) is 0 Å². The Morgan fingerprint density at radius 3 is 1.06 bits per heavy atom. The predicted octanol–water partition coefficient (Wildman–Crippen LogP) is 14.4. The van der Waals surface area contributed by atoms with Crippen LogP contribution in [0.4, 0.5) is 0 Å². The van der Waals surface area contributed by atoms with E-state index in [1.54, 1.807) is 0 Å². The number of carbonyl (C=O) groups is 6. The zero-order valence-electron chi connectivity index (χ0n) is 44.9. The molecule has 6 rings (SSSR count). The summed E-state index contributed by atoms with van der Waals surface area (Å²) in [4.78, 5) is 74.6. The summed E-state index contributed by atoms with van der Waals surface area (Å²) in [6.45, 7) is 4.40. The zero-order valence-corrected chi connectivity index (χ0v) is 44.9. The van der Waals surface area contributed by atoms with E-state index in [9.17, 15) is 28.8 Å². The Kier molecular flexibility index (Phi) is 26.5. The topological polar surface area (TPSA) is 158 Å². The molecule has 2 saturated carbocycles. The van der Waals surface area contributed by atoms with E-state index in [-0.39, 0.29) is 66.7 Å². The zero-order chi connectivity index (χ0) is 57.2. The van der Waals surface area contributed by atoms with E-state index < -0.39 is 35.7 Å². The number of hydrogen-bond acceptors (Lipinski definition) is 12. The van der Waals surface area contributed by atoms with Gasteiger partial charge in [-0.15, -0.1) is 12.8 Å². The van der Waals surface area contributed by atoms with Gasteiger partial charge in [0.2, 0.25) is 0 Å². The Morgan fingerprint density at radius 2 is 0.725 bits per heavy atom. The van der Waals surface area contributed by atoms with Gasteiger partial charge in [0.15, 0.2) is 0 Å². The lowest BCUT2D eigenvalue weighted by Crippen LogP contribution is -2.30. The Labute approximate surface area is 490 Å². The molecule has 2 aliphatic carbocycles. The van der Waals surface area contributed by atoms with Crippen LogP contribution < -0.4 is 9.47 Å². The molecule has 0 N–H and O–H groups in total. The van der Waals surface area contributed by atoms with Crippen molar-refractivity contribution in [3.05, 3.63) is 130 Å². The van der Waals surface area contributed by atoms with Crippen LogP contribution in [0.3, 0.4) is 0 Å². The standard InChI is InChI=1S/C38H20O8.C30H40O4.14H2/c1-3-5-7-9-11-13-27-43-35(39)29-19-23-33(24-20-29)45-37(41)31-15-17-32(18-16-31)38(42)46-34-25-21-30(22-26-34)36(40)44-28-14-12-10-8-6-4-2;1-3-5-7-9-23-11-15-25(16-12-23)29(31)33-27-19-21-28(22-20-27)34-30(32)26-17-13-24(14-18-26)10-8-6-4-2;;;;;;;;;;;;;;/h1-2,19-26,31-32H,15-18H2;11-18,27-28H,3-10,19-22H2,1-2H3;14*1H. The normalized spacial score (nSPS) is 15.3. The second-order valence-corrected chi connectivity index (χ2v) is 18.5. The molecule has 0 aromatic heterocycles. The van der Waals surface area contributed by atoms with E-state index in [1.165, 1.54) is 98.2 Å². The van der Waals surface area contributed by atoms with Crippen molar-refractivity contribution in [1.29, 1.82) is 0 Å². The molecule has 4 aromatic rings. The van der Waals surface area contributed by atoms with Gasteiger partial charge in [-0.05, 0) is 196 Å². The van der Waals surface area contributed by atoms with Gasteiger partial charge in [0.05, 0.1) is 34.1 Å². The van der Waals surface area contributed by atoms with Crippen molar-refractivity contribution < 1.29 is 77.2 Å². The fourth-order valence-electron chi connectivity index (χ4n) is 8.33. The molecular weight excluding hydrogens is 1010 g/mol. The molecule has 0 radical (unpaired) electrons. The minimum Gasteiger partial charge on any atom is -0.459 e. The van der Waals surface area contributed by atoms with Crippen molar-refractivity contribution in [2.45, 2.75) is 129 Å². The summed E-state index contributed by atoms with van der Waals surface area (Å²) < 4.78 is 32.0. The van der Waals surface area contributed by atoms with Crippen LogP contribution in [0.2, 0.25) is 0 Å². The molecular formula is C68H88O12. The van der Waals surface area contributed by atoms with Gasteiger partial charge in [0.25, 0.3) is 0 Å². The van der Waals surface area contributed by atoms with Crippen LogP contribution >= 0.6 is 0 Å². The molecule has 12 nitrogen and oxygen atoms in total. The third kappa shape index (κ3) is 22.0. The first-order chi connectivity index (χ1) is 39.0. The monoisotopic (exact) mass is 1100 g/mol. The molecule has 4 aromatic carbocycles. The average Bonchev–Trinajstić information content (AvgIpc) is 1.31. The molecule has 2 aliphatic rings. The smallest absolute Gasteiger partial charge is 0.352 e. The van der Waals surface area contributed by atoms with Gasteiger partial charge in [-0.25, -0.2) is 19.2 Å². The highest BCUT2D eigenvalue weighted by Crippen LogP contribution is 2.32. The van der Waals surface area contributed by atoms with E-state index in [0.717, 1.165) is 38.5 Å². The van der Waals surface area contributed by atoms with Crippen molar-refractivity contribution >= 4 is 35.8 Å². The summed E-state index contributed by atoms with van der Waals surface area (Å²) in [7, 11) is 0. The minimum atomic E-state index is -0.707. The van der Waals surface area contributed by atoms with Crippen LogP contribution in [0.1, 0.15) is 176 Å². The molecule has 0 atom stereocenters. The first-order valence-corrected chi connectivity index (χ1v) is 26.6. The molecule has 0 heterocycles. The summed E-state index contributed by atoms with van der Waals surface area (Å²) in [5.74, 6) is 24.5. The Morgan fingerprint density at radius 1 is 0.412 bits per heavy atom. The second kappa shape index (κ2) is 34.8. The highest BCUT2D eigenvalue weighted by molar-refractivity contribution is 5.92. The van der Waals surface area contributed by atoms with Crippen molar-refractivity contribution in [2.24, 2.45) is 11.8 Å². The first-order valence-electron chi connectivity index (χ1n) is 26.6. The minimum absolute atomic E-state index is 0. The van der Waals surface area contributed by atoms with Crippen LogP contribution in [0.25, 0.3) is 0 Å². The van der Waals surface area contributed by atoms with Crippen LogP contribution in [0, 0.1) is 108 Å². The van der Waals surface area contributed by atoms with Crippen molar-refractivity contribution in [1.82, 2.24) is 0 Å². The number of ether oxygens (including phenoxy) is 6.